The first kappa shape index (κ1) is 11.5. The van der Waals surface area contributed by atoms with E-state index < -0.39 is 0 Å². The molecule has 0 saturated carbocycles. The molecule has 3 aromatic rings. The van der Waals surface area contributed by atoms with Gasteiger partial charge in [0, 0.05) is 6.20 Å². The largest absolute Gasteiger partial charge is 0.508 e. The molecule has 19 heavy (non-hydrogen) atoms. The molecule has 0 bridgehead atoms. The summed E-state index contributed by atoms with van der Waals surface area (Å²) in [5.74, 6) is 1.03. The monoisotopic (exact) mass is 251 g/mol. The number of pyridine rings is 1. The molecule has 1 heterocycles. The minimum atomic E-state index is 0.259. The number of fused-ring (bicyclic) bond motifs is 1. The van der Waals surface area contributed by atoms with Gasteiger partial charge in [-0.3, -0.25) is 4.98 Å². The zero-order valence-corrected chi connectivity index (χ0v) is 10.3. The summed E-state index contributed by atoms with van der Waals surface area (Å²) in [6.07, 6.45) is 1.75. The number of aromatic nitrogens is 1. The van der Waals surface area contributed by atoms with Crippen molar-refractivity contribution in [3.8, 4) is 11.5 Å². The number of hydrogen-bond donors (Lipinski definition) is 1. The average molecular weight is 251 g/mol. The van der Waals surface area contributed by atoms with Gasteiger partial charge in [-0.25, -0.2) is 0 Å². The van der Waals surface area contributed by atoms with Crippen LogP contribution in [0.3, 0.4) is 0 Å². The van der Waals surface area contributed by atoms with Gasteiger partial charge >= 0.3 is 0 Å². The normalized spacial score (nSPS) is 10.5. The van der Waals surface area contributed by atoms with Crippen molar-refractivity contribution in [1.82, 2.24) is 4.98 Å². The highest BCUT2D eigenvalue weighted by Crippen LogP contribution is 2.24. The van der Waals surface area contributed by atoms with Gasteiger partial charge in [0.15, 0.2) is 0 Å². The lowest BCUT2D eigenvalue weighted by atomic mass is 10.1. The smallest absolute Gasteiger partial charge is 0.130 e. The number of aromatic hydroxyl groups is 1. The number of phenolic OH excluding ortho intramolecular Hbond substituents is 1. The molecule has 0 saturated heterocycles. The maximum atomic E-state index is 9.48. The molecule has 0 amide bonds. The summed E-state index contributed by atoms with van der Waals surface area (Å²) in [5, 5.41) is 11.5. The van der Waals surface area contributed by atoms with Crippen molar-refractivity contribution in [2.75, 3.05) is 0 Å². The van der Waals surface area contributed by atoms with Crippen LogP contribution in [-0.4, -0.2) is 10.1 Å². The predicted octanol–water partition coefficient (Wildman–Crippen LogP) is 3.52. The Hall–Kier alpha value is -2.55. The molecular weight excluding hydrogens is 238 g/mol. The first-order valence-corrected chi connectivity index (χ1v) is 6.07. The third kappa shape index (κ3) is 2.65. The van der Waals surface area contributed by atoms with E-state index in [4.69, 9.17) is 4.74 Å². The molecule has 0 aliphatic rings. The predicted molar refractivity (Wildman–Crippen MR) is 74.2 cm³/mol. The van der Waals surface area contributed by atoms with Gasteiger partial charge in [0.1, 0.15) is 18.1 Å². The van der Waals surface area contributed by atoms with E-state index in [-0.39, 0.29) is 5.75 Å². The van der Waals surface area contributed by atoms with Crippen molar-refractivity contribution in [2.45, 2.75) is 6.61 Å². The van der Waals surface area contributed by atoms with Crippen LogP contribution in [0.1, 0.15) is 5.69 Å². The van der Waals surface area contributed by atoms with Crippen LogP contribution in [0, 0.1) is 0 Å². The molecule has 1 N–H and O–H groups in total. The minimum absolute atomic E-state index is 0.259. The van der Waals surface area contributed by atoms with Crippen molar-refractivity contribution in [2.24, 2.45) is 0 Å². The summed E-state index contributed by atoms with van der Waals surface area (Å²) < 4.78 is 5.70. The third-order valence-electron chi connectivity index (χ3n) is 2.91. The molecule has 0 aliphatic carbocycles. The fourth-order valence-electron chi connectivity index (χ4n) is 1.94. The summed E-state index contributed by atoms with van der Waals surface area (Å²) in [5.41, 5.74) is 0.888. The molecule has 1 aromatic heterocycles. The zero-order chi connectivity index (χ0) is 13.1. The van der Waals surface area contributed by atoms with Crippen LogP contribution in [0.2, 0.25) is 0 Å². The van der Waals surface area contributed by atoms with Crippen LogP contribution in [0.4, 0.5) is 0 Å². The molecular formula is C16H13NO2. The molecule has 0 aliphatic heterocycles. The molecule has 0 fully saturated rings. The van der Waals surface area contributed by atoms with Gasteiger partial charge in [-0.15, -0.1) is 0 Å². The molecule has 0 radical (unpaired) electrons. The first-order chi connectivity index (χ1) is 9.31. The van der Waals surface area contributed by atoms with Crippen LogP contribution < -0.4 is 4.74 Å². The van der Waals surface area contributed by atoms with Crippen LogP contribution in [0.15, 0.2) is 60.8 Å². The van der Waals surface area contributed by atoms with E-state index in [1.54, 1.807) is 18.3 Å². The first-order valence-electron chi connectivity index (χ1n) is 6.07. The van der Waals surface area contributed by atoms with Gasteiger partial charge in [-0.1, -0.05) is 18.2 Å². The quantitative estimate of drug-likeness (QED) is 0.774. The Morgan fingerprint density at radius 1 is 0.947 bits per heavy atom. The third-order valence-corrected chi connectivity index (χ3v) is 2.91. The number of phenols is 1. The zero-order valence-electron chi connectivity index (χ0n) is 10.3. The van der Waals surface area contributed by atoms with Crippen LogP contribution in [0.5, 0.6) is 11.5 Å². The van der Waals surface area contributed by atoms with E-state index in [2.05, 4.69) is 4.98 Å². The second-order valence-electron chi connectivity index (χ2n) is 4.30. The molecule has 3 rings (SSSR count). The summed E-state index contributed by atoms with van der Waals surface area (Å²) in [6, 6.07) is 16.8. The Kier molecular flexibility index (Phi) is 3.02. The lowest BCUT2D eigenvalue weighted by molar-refractivity contribution is 0.302. The van der Waals surface area contributed by atoms with Crippen molar-refractivity contribution < 1.29 is 9.84 Å². The van der Waals surface area contributed by atoms with Crippen LogP contribution >= 0.6 is 0 Å². The number of ether oxygens (including phenoxy) is 1. The summed E-state index contributed by atoms with van der Waals surface area (Å²) in [7, 11) is 0. The van der Waals surface area contributed by atoms with E-state index in [1.165, 1.54) is 0 Å². The van der Waals surface area contributed by atoms with Gasteiger partial charge in [-0.05, 0) is 47.2 Å². The molecule has 0 atom stereocenters. The molecule has 94 valence electrons. The second kappa shape index (κ2) is 4.98. The lowest BCUT2D eigenvalue weighted by Gasteiger charge is -2.07. The van der Waals surface area contributed by atoms with E-state index in [9.17, 15) is 5.11 Å². The number of rotatable bonds is 3. The Balaban J connectivity index is 1.81. The fourth-order valence-corrected chi connectivity index (χ4v) is 1.94. The number of nitrogens with zero attached hydrogens (tertiary/aromatic N) is 1. The highest BCUT2D eigenvalue weighted by atomic mass is 16.5. The average Bonchev–Trinajstić information content (AvgIpc) is 2.46. The lowest BCUT2D eigenvalue weighted by Crippen LogP contribution is -1.97. The van der Waals surface area contributed by atoms with E-state index in [0.29, 0.717) is 6.61 Å². The van der Waals surface area contributed by atoms with Gasteiger partial charge in [-0.2, -0.15) is 0 Å². The van der Waals surface area contributed by atoms with E-state index in [0.717, 1.165) is 22.2 Å². The highest BCUT2D eigenvalue weighted by molar-refractivity contribution is 5.85. The molecule has 2 aromatic carbocycles. The number of hydrogen-bond acceptors (Lipinski definition) is 3. The van der Waals surface area contributed by atoms with Gasteiger partial charge in [0.05, 0.1) is 5.69 Å². The number of benzene rings is 2. The Bertz CT molecular complexity index is 695. The Morgan fingerprint density at radius 3 is 2.68 bits per heavy atom. The minimum Gasteiger partial charge on any atom is -0.508 e. The van der Waals surface area contributed by atoms with Crippen LogP contribution in [0.25, 0.3) is 10.8 Å². The van der Waals surface area contributed by atoms with Gasteiger partial charge in [0.2, 0.25) is 0 Å². The van der Waals surface area contributed by atoms with Crippen LogP contribution in [-0.2, 0) is 6.61 Å². The molecule has 0 unspecified atom stereocenters. The Morgan fingerprint density at radius 2 is 1.84 bits per heavy atom. The molecule has 0 spiro atoms. The maximum absolute atomic E-state index is 9.48. The summed E-state index contributed by atoms with van der Waals surface area (Å²) in [6.45, 7) is 0.436. The summed E-state index contributed by atoms with van der Waals surface area (Å²) in [4.78, 5) is 4.21. The Labute approximate surface area is 111 Å². The maximum Gasteiger partial charge on any atom is 0.130 e. The van der Waals surface area contributed by atoms with Gasteiger partial charge < -0.3 is 9.84 Å². The molecule has 3 nitrogen and oxygen atoms in total. The van der Waals surface area contributed by atoms with E-state index in [1.807, 2.05) is 42.5 Å². The van der Waals surface area contributed by atoms with Crippen molar-refractivity contribution >= 4 is 10.8 Å². The van der Waals surface area contributed by atoms with Gasteiger partial charge in [0.25, 0.3) is 0 Å². The standard InChI is InChI=1S/C16H13NO2/c18-15-6-4-12-5-7-16(10-13(12)9-15)19-11-14-3-1-2-8-17-14/h1-10,18H,11H2. The highest BCUT2D eigenvalue weighted by Gasteiger charge is 2.00. The van der Waals surface area contributed by atoms with Crippen molar-refractivity contribution in [3.05, 3.63) is 66.5 Å². The second-order valence-corrected chi connectivity index (χ2v) is 4.30. The van der Waals surface area contributed by atoms with E-state index >= 15 is 0 Å². The fraction of sp³-hybridized carbons (Fsp3) is 0.0625. The SMILES string of the molecule is Oc1ccc2ccc(OCc3ccccn3)cc2c1. The summed E-state index contributed by atoms with van der Waals surface area (Å²) >= 11 is 0. The van der Waals surface area contributed by atoms with Crippen molar-refractivity contribution in [1.29, 1.82) is 0 Å². The molecule has 3 heteroatoms. The van der Waals surface area contributed by atoms with Crippen molar-refractivity contribution in [3.63, 3.8) is 0 Å². The topological polar surface area (TPSA) is 42.4 Å².